The Hall–Kier alpha value is -1.42. The van der Waals surface area contributed by atoms with E-state index in [1.54, 1.807) is 14.2 Å². The zero-order valence-corrected chi connectivity index (χ0v) is 14.7. The molecule has 0 saturated carbocycles. The van der Waals surface area contributed by atoms with Crippen LogP contribution in [0.2, 0.25) is 0 Å². The van der Waals surface area contributed by atoms with Crippen molar-refractivity contribution in [3.05, 3.63) is 17.7 Å². The quantitative estimate of drug-likeness (QED) is 0.772. The van der Waals surface area contributed by atoms with E-state index in [1.807, 2.05) is 12.1 Å². The van der Waals surface area contributed by atoms with Crippen molar-refractivity contribution in [2.24, 2.45) is 0 Å². The summed E-state index contributed by atoms with van der Waals surface area (Å²) in [4.78, 5) is 2.32. The van der Waals surface area contributed by atoms with E-state index in [2.05, 4.69) is 32.8 Å². The van der Waals surface area contributed by atoms with Crippen LogP contribution in [0.15, 0.2) is 12.1 Å². The summed E-state index contributed by atoms with van der Waals surface area (Å²) >= 11 is 0. The van der Waals surface area contributed by atoms with Gasteiger partial charge in [-0.15, -0.1) is 0 Å². The Morgan fingerprint density at radius 1 is 1.23 bits per heavy atom. The van der Waals surface area contributed by atoms with E-state index in [-0.39, 0.29) is 5.41 Å². The van der Waals surface area contributed by atoms with Crippen LogP contribution in [0.25, 0.3) is 0 Å². The third kappa shape index (κ3) is 3.02. The molecule has 0 bridgehead atoms. The molecule has 0 spiro atoms. The lowest BCUT2D eigenvalue weighted by Crippen LogP contribution is -2.37. The molecule has 1 unspecified atom stereocenters. The number of fused-ring (bicyclic) bond motifs is 1. The Balaban J connectivity index is 2.40. The van der Waals surface area contributed by atoms with Gasteiger partial charge in [0.2, 0.25) is 0 Å². The first-order valence-electron chi connectivity index (χ1n) is 8.01. The molecule has 1 aliphatic heterocycles. The van der Waals surface area contributed by atoms with Gasteiger partial charge in [0.25, 0.3) is 0 Å². The number of ether oxygens (including phenoxy) is 3. The van der Waals surface area contributed by atoms with Crippen LogP contribution in [0.1, 0.15) is 38.7 Å². The van der Waals surface area contributed by atoms with Crippen molar-refractivity contribution in [3.8, 4) is 17.2 Å². The van der Waals surface area contributed by atoms with Crippen molar-refractivity contribution < 1.29 is 14.2 Å². The summed E-state index contributed by atoms with van der Waals surface area (Å²) < 4.78 is 17.1. The van der Waals surface area contributed by atoms with Crippen molar-refractivity contribution in [3.63, 3.8) is 0 Å². The maximum atomic E-state index is 6.01. The molecular formula is C18H29NO3. The van der Waals surface area contributed by atoms with Gasteiger partial charge < -0.3 is 19.1 Å². The van der Waals surface area contributed by atoms with Crippen LogP contribution in [0, 0.1) is 0 Å². The molecule has 4 heteroatoms. The topological polar surface area (TPSA) is 30.9 Å². The first kappa shape index (κ1) is 16.9. The average molecular weight is 307 g/mol. The van der Waals surface area contributed by atoms with Gasteiger partial charge in [-0.2, -0.15) is 0 Å². The monoisotopic (exact) mass is 307 g/mol. The lowest BCUT2D eigenvalue weighted by atomic mass is 9.77. The number of hydrogen-bond donors (Lipinski definition) is 0. The second-order valence-electron chi connectivity index (χ2n) is 6.63. The van der Waals surface area contributed by atoms with Crippen LogP contribution >= 0.6 is 0 Å². The zero-order chi connectivity index (χ0) is 16.3. The molecule has 1 aliphatic rings. The van der Waals surface area contributed by atoms with Gasteiger partial charge in [0.05, 0.1) is 20.8 Å². The maximum Gasteiger partial charge on any atom is 0.168 e. The van der Waals surface area contributed by atoms with E-state index >= 15 is 0 Å². The minimum atomic E-state index is -0.0562. The number of hydrogen-bond acceptors (Lipinski definition) is 4. The highest BCUT2D eigenvalue weighted by molar-refractivity contribution is 5.59. The fourth-order valence-electron chi connectivity index (χ4n) is 3.45. The molecule has 4 nitrogen and oxygen atoms in total. The van der Waals surface area contributed by atoms with E-state index in [1.165, 1.54) is 12.8 Å². The highest BCUT2D eigenvalue weighted by Gasteiger charge is 2.42. The molecule has 0 radical (unpaired) electrons. The van der Waals surface area contributed by atoms with Gasteiger partial charge in [0, 0.05) is 17.0 Å². The lowest BCUT2D eigenvalue weighted by Gasteiger charge is -2.33. The van der Waals surface area contributed by atoms with Gasteiger partial charge in [0.1, 0.15) is 5.75 Å². The van der Waals surface area contributed by atoms with Gasteiger partial charge in [-0.25, -0.2) is 0 Å². The predicted molar refractivity (Wildman–Crippen MR) is 89.4 cm³/mol. The molecule has 1 aromatic carbocycles. The molecule has 2 atom stereocenters. The predicted octanol–water partition coefficient (Wildman–Crippen LogP) is 3.47. The number of rotatable bonds is 7. The molecule has 0 aliphatic carbocycles. The smallest absolute Gasteiger partial charge is 0.168 e. The van der Waals surface area contributed by atoms with Crippen LogP contribution in [-0.4, -0.2) is 45.9 Å². The standard InChI is InChI=1S/C18H29NO3/c1-7-8-13(19(3)4)11-18(2)12-22-17-15(21-6)10-9-14(20-5)16(17)18/h9-10,13H,7-8,11-12H2,1-6H3/t13-,18?/m1/s1. The van der Waals surface area contributed by atoms with Gasteiger partial charge in [-0.1, -0.05) is 20.3 Å². The summed E-state index contributed by atoms with van der Waals surface area (Å²) in [5.41, 5.74) is 1.09. The van der Waals surface area contributed by atoms with Crippen LogP contribution in [0.4, 0.5) is 0 Å². The second-order valence-corrected chi connectivity index (χ2v) is 6.63. The molecule has 0 saturated heterocycles. The molecular weight excluding hydrogens is 278 g/mol. The SMILES string of the molecule is CCC[C@H](CC1(C)COc2c(OC)ccc(OC)c21)N(C)C. The maximum absolute atomic E-state index is 6.01. The Morgan fingerprint density at radius 3 is 2.41 bits per heavy atom. The molecule has 0 N–H and O–H groups in total. The fourth-order valence-corrected chi connectivity index (χ4v) is 3.45. The number of methoxy groups -OCH3 is 2. The summed E-state index contributed by atoms with van der Waals surface area (Å²) in [6.45, 7) is 5.18. The lowest BCUT2D eigenvalue weighted by molar-refractivity contribution is 0.187. The van der Waals surface area contributed by atoms with Crippen LogP contribution in [0.5, 0.6) is 17.2 Å². The molecule has 0 amide bonds. The summed E-state index contributed by atoms with van der Waals surface area (Å²) in [5.74, 6) is 2.53. The van der Waals surface area contributed by atoms with Gasteiger partial charge in [-0.05, 0) is 39.1 Å². The first-order chi connectivity index (χ1) is 10.5. The van der Waals surface area contributed by atoms with E-state index in [4.69, 9.17) is 14.2 Å². The van der Waals surface area contributed by atoms with Crippen molar-refractivity contribution in [2.45, 2.75) is 44.6 Å². The van der Waals surface area contributed by atoms with Gasteiger partial charge in [0.15, 0.2) is 11.5 Å². The highest BCUT2D eigenvalue weighted by atomic mass is 16.5. The summed E-state index contributed by atoms with van der Waals surface area (Å²) in [6.07, 6.45) is 3.41. The van der Waals surface area contributed by atoms with Crippen LogP contribution in [0.3, 0.4) is 0 Å². The zero-order valence-electron chi connectivity index (χ0n) is 14.7. The third-order valence-electron chi connectivity index (χ3n) is 4.70. The molecule has 1 heterocycles. The van der Waals surface area contributed by atoms with Crippen LogP contribution < -0.4 is 14.2 Å². The molecule has 0 aromatic heterocycles. The van der Waals surface area contributed by atoms with Crippen molar-refractivity contribution in [2.75, 3.05) is 34.9 Å². The largest absolute Gasteiger partial charge is 0.496 e. The summed E-state index contributed by atoms with van der Waals surface area (Å²) in [7, 11) is 7.71. The third-order valence-corrected chi connectivity index (χ3v) is 4.70. The van der Waals surface area contributed by atoms with E-state index in [0.29, 0.717) is 12.6 Å². The van der Waals surface area contributed by atoms with Crippen molar-refractivity contribution in [1.29, 1.82) is 0 Å². The van der Waals surface area contributed by atoms with E-state index in [9.17, 15) is 0 Å². The highest BCUT2D eigenvalue weighted by Crippen LogP contribution is 2.51. The number of nitrogens with zero attached hydrogens (tertiary/aromatic N) is 1. The van der Waals surface area contributed by atoms with Gasteiger partial charge in [-0.3, -0.25) is 0 Å². The molecule has 124 valence electrons. The van der Waals surface area contributed by atoms with Gasteiger partial charge >= 0.3 is 0 Å². The average Bonchev–Trinajstić information content (AvgIpc) is 2.84. The van der Waals surface area contributed by atoms with E-state index in [0.717, 1.165) is 29.2 Å². The summed E-state index contributed by atoms with van der Waals surface area (Å²) in [6, 6.07) is 4.42. The molecule has 22 heavy (non-hydrogen) atoms. The molecule has 0 fully saturated rings. The minimum absolute atomic E-state index is 0.0562. The molecule has 1 aromatic rings. The number of benzene rings is 1. The van der Waals surface area contributed by atoms with Crippen LogP contribution in [-0.2, 0) is 5.41 Å². The Labute approximate surface area is 134 Å². The van der Waals surface area contributed by atoms with E-state index < -0.39 is 0 Å². The fraction of sp³-hybridized carbons (Fsp3) is 0.667. The van der Waals surface area contributed by atoms with Crippen molar-refractivity contribution >= 4 is 0 Å². The Kier molecular flexibility index (Phi) is 5.22. The summed E-state index contributed by atoms with van der Waals surface area (Å²) in [5, 5.41) is 0. The first-order valence-corrected chi connectivity index (χ1v) is 8.01. The molecule has 2 rings (SSSR count). The Bertz CT molecular complexity index is 515. The Morgan fingerprint density at radius 2 is 1.86 bits per heavy atom. The normalized spacial score (nSPS) is 21.4. The van der Waals surface area contributed by atoms with Crippen molar-refractivity contribution in [1.82, 2.24) is 4.90 Å². The second kappa shape index (κ2) is 6.78. The minimum Gasteiger partial charge on any atom is -0.496 e.